The van der Waals surface area contributed by atoms with Crippen molar-refractivity contribution >= 4 is 21.6 Å². The molecule has 0 saturated carbocycles. The first-order valence-electron chi connectivity index (χ1n) is 7.30. The van der Waals surface area contributed by atoms with Crippen LogP contribution in [0.5, 0.6) is 5.75 Å². The number of sulfonamides is 1. The summed E-state index contributed by atoms with van der Waals surface area (Å²) in [7, 11) is -1.99. The van der Waals surface area contributed by atoms with E-state index in [9.17, 15) is 8.42 Å². The highest BCUT2D eigenvalue weighted by molar-refractivity contribution is 7.89. The second-order valence-corrected chi connectivity index (χ2v) is 7.42. The van der Waals surface area contributed by atoms with E-state index in [-0.39, 0.29) is 10.9 Å². The topological polar surface area (TPSA) is 55.4 Å². The third-order valence-corrected chi connectivity index (χ3v) is 5.39. The highest BCUT2D eigenvalue weighted by atomic mass is 35.5. The fraction of sp³-hybridized carbons (Fsp3) is 0.294. The van der Waals surface area contributed by atoms with Gasteiger partial charge in [-0.3, -0.25) is 0 Å². The summed E-state index contributed by atoms with van der Waals surface area (Å²) in [5.74, 6) is 0.782. The molecule has 2 aromatic rings. The molecule has 2 rings (SSSR count). The average molecular weight is 354 g/mol. The molecule has 0 amide bonds. The van der Waals surface area contributed by atoms with Crippen LogP contribution in [0.4, 0.5) is 0 Å². The Labute approximate surface area is 142 Å². The van der Waals surface area contributed by atoms with Gasteiger partial charge in [0, 0.05) is 11.1 Å². The molecular formula is C17H20ClNO3S. The summed E-state index contributed by atoms with van der Waals surface area (Å²) in [6.07, 6.45) is 0.637. The highest BCUT2D eigenvalue weighted by Crippen LogP contribution is 2.26. The zero-order chi connectivity index (χ0) is 17.0. The molecular weight excluding hydrogens is 334 g/mol. The number of rotatable bonds is 6. The van der Waals surface area contributed by atoms with Crippen LogP contribution in [0.25, 0.3) is 0 Å². The lowest BCUT2D eigenvalue weighted by molar-refractivity contribution is 0.411. The third-order valence-electron chi connectivity index (χ3n) is 3.65. The number of methoxy groups -OCH3 is 1. The average Bonchev–Trinajstić information content (AvgIpc) is 2.53. The van der Waals surface area contributed by atoms with Crippen molar-refractivity contribution in [2.75, 3.05) is 7.11 Å². The summed E-state index contributed by atoms with van der Waals surface area (Å²) in [6.45, 7) is 3.87. The molecule has 0 aliphatic rings. The fourth-order valence-electron chi connectivity index (χ4n) is 2.37. The second-order valence-electron chi connectivity index (χ2n) is 5.27. The molecule has 2 aromatic carbocycles. The Morgan fingerprint density at radius 1 is 1.17 bits per heavy atom. The fourth-order valence-corrected chi connectivity index (χ4v) is 3.81. The van der Waals surface area contributed by atoms with Crippen molar-refractivity contribution in [3.63, 3.8) is 0 Å². The maximum absolute atomic E-state index is 12.5. The largest absolute Gasteiger partial charge is 0.496 e. The Bertz CT molecular complexity index is 773. The van der Waals surface area contributed by atoms with E-state index < -0.39 is 10.0 Å². The van der Waals surface area contributed by atoms with Crippen LogP contribution in [0.1, 0.15) is 30.5 Å². The predicted molar refractivity (Wildman–Crippen MR) is 92.5 cm³/mol. The Morgan fingerprint density at radius 2 is 1.83 bits per heavy atom. The van der Waals surface area contributed by atoms with Gasteiger partial charge in [-0.2, -0.15) is 0 Å². The summed E-state index contributed by atoms with van der Waals surface area (Å²) < 4.78 is 33.0. The quantitative estimate of drug-likeness (QED) is 0.851. The van der Waals surface area contributed by atoms with E-state index in [1.54, 1.807) is 19.2 Å². The van der Waals surface area contributed by atoms with Crippen LogP contribution in [0.3, 0.4) is 0 Å². The van der Waals surface area contributed by atoms with E-state index in [4.69, 9.17) is 16.3 Å². The van der Waals surface area contributed by atoms with E-state index in [2.05, 4.69) is 4.72 Å². The van der Waals surface area contributed by atoms with Gasteiger partial charge in [0.15, 0.2) is 0 Å². The van der Waals surface area contributed by atoms with Crippen molar-refractivity contribution in [3.8, 4) is 5.75 Å². The number of hydrogen-bond donors (Lipinski definition) is 1. The van der Waals surface area contributed by atoms with E-state index in [1.807, 2.05) is 32.0 Å². The van der Waals surface area contributed by atoms with Crippen LogP contribution in [0.15, 0.2) is 47.4 Å². The Kier molecular flexibility index (Phi) is 5.68. The van der Waals surface area contributed by atoms with Gasteiger partial charge in [0.2, 0.25) is 10.0 Å². The summed E-state index contributed by atoms with van der Waals surface area (Å²) in [5, 5.41) is 0.502. The Balaban J connectivity index is 2.28. The molecule has 0 saturated heterocycles. The van der Waals surface area contributed by atoms with Gasteiger partial charge in [-0.05, 0) is 54.8 Å². The number of halogens is 1. The van der Waals surface area contributed by atoms with Crippen LogP contribution in [-0.2, 0) is 10.0 Å². The highest BCUT2D eigenvalue weighted by Gasteiger charge is 2.20. The molecule has 0 radical (unpaired) electrons. The normalized spacial score (nSPS) is 12.9. The number of nitrogens with one attached hydrogen (secondary N) is 1. The predicted octanol–water partition coefficient (Wildman–Crippen LogP) is 4.09. The minimum absolute atomic E-state index is 0.200. The lowest BCUT2D eigenvalue weighted by Crippen LogP contribution is -2.28. The van der Waals surface area contributed by atoms with Gasteiger partial charge in [-0.25, -0.2) is 13.1 Å². The zero-order valence-electron chi connectivity index (χ0n) is 13.3. The van der Waals surface area contributed by atoms with Crippen molar-refractivity contribution < 1.29 is 13.2 Å². The minimum Gasteiger partial charge on any atom is -0.496 e. The maximum atomic E-state index is 12.5. The van der Waals surface area contributed by atoms with Crippen LogP contribution in [0, 0.1) is 6.92 Å². The molecule has 1 N–H and O–H groups in total. The van der Waals surface area contributed by atoms with Gasteiger partial charge in [0.05, 0.1) is 12.0 Å². The van der Waals surface area contributed by atoms with Crippen LogP contribution < -0.4 is 9.46 Å². The zero-order valence-corrected chi connectivity index (χ0v) is 14.9. The lowest BCUT2D eigenvalue weighted by atomic mass is 10.0. The number of benzene rings is 2. The summed E-state index contributed by atoms with van der Waals surface area (Å²) in [5.41, 5.74) is 1.87. The third kappa shape index (κ3) is 4.25. The monoisotopic (exact) mass is 353 g/mol. The SMILES string of the molecule is CC[C@H](NS(=O)(=O)c1ccc(Cl)cc1)c1ccc(OC)c(C)c1. The molecule has 0 unspecified atom stereocenters. The van der Waals surface area contributed by atoms with Crippen LogP contribution in [-0.4, -0.2) is 15.5 Å². The maximum Gasteiger partial charge on any atom is 0.241 e. The van der Waals surface area contributed by atoms with Crippen LogP contribution in [0.2, 0.25) is 5.02 Å². The smallest absolute Gasteiger partial charge is 0.241 e. The van der Waals surface area contributed by atoms with E-state index in [1.165, 1.54) is 12.1 Å². The van der Waals surface area contributed by atoms with Crippen molar-refractivity contribution in [3.05, 3.63) is 58.6 Å². The molecule has 0 spiro atoms. The summed E-state index contributed by atoms with van der Waals surface area (Å²) in [6, 6.07) is 11.5. The van der Waals surface area contributed by atoms with E-state index in [0.29, 0.717) is 11.4 Å². The molecule has 0 aliphatic heterocycles. The molecule has 0 aliphatic carbocycles. The first kappa shape index (κ1) is 17.8. The molecule has 0 aromatic heterocycles. The van der Waals surface area contributed by atoms with Gasteiger partial charge in [0.1, 0.15) is 5.75 Å². The second kappa shape index (κ2) is 7.34. The molecule has 6 heteroatoms. The number of hydrogen-bond acceptors (Lipinski definition) is 3. The molecule has 4 nitrogen and oxygen atoms in total. The molecule has 0 fully saturated rings. The lowest BCUT2D eigenvalue weighted by Gasteiger charge is -2.19. The Morgan fingerprint density at radius 3 is 2.35 bits per heavy atom. The van der Waals surface area contributed by atoms with Crippen molar-refractivity contribution in [1.29, 1.82) is 0 Å². The van der Waals surface area contributed by atoms with Crippen molar-refractivity contribution in [2.24, 2.45) is 0 Å². The van der Waals surface area contributed by atoms with Gasteiger partial charge in [-0.15, -0.1) is 0 Å². The van der Waals surface area contributed by atoms with Gasteiger partial charge in [-0.1, -0.05) is 30.7 Å². The standard InChI is InChI=1S/C17H20ClNO3S/c1-4-16(13-5-10-17(22-3)12(2)11-13)19-23(20,21)15-8-6-14(18)7-9-15/h5-11,16,19H,4H2,1-3H3/t16-/m0/s1. The van der Waals surface area contributed by atoms with E-state index >= 15 is 0 Å². The first-order valence-corrected chi connectivity index (χ1v) is 9.16. The minimum atomic E-state index is -3.60. The number of ether oxygens (including phenoxy) is 1. The molecule has 124 valence electrons. The molecule has 23 heavy (non-hydrogen) atoms. The first-order chi connectivity index (χ1) is 10.9. The van der Waals surface area contributed by atoms with Crippen molar-refractivity contribution in [2.45, 2.75) is 31.2 Å². The molecule has 0 bridgehead atoms. The van der Waals surface area contributed by atoms with Gasteiger partial charge < -0.3 is 4.74 Å². The summed E-state index contributed by atoms with van der Waals surface area (Å²) in [4.78, 5) is 0.200. The summed E-state index contributed by atoms with van der Waals surface area (Å²) >= 11 is 5.81. The van der Waals surface area contributed by atoms with Gasteiger partial charge in [0.25, 0.3) is 0 Å². The number of aryl methyl sites for hydroxylation is 1. The van der Waals surface area contributed by atoms with Gasteiger partial charge >= 0.3 is 0 Å². The van der Waals surface area contributed by atoms with Crippen LogP contribution >= 0.6 is 11.6 Å². The van der Waals surface area contributed by atoms with Crippen molar-refractivity contribution in [1.82, 2.24) is 4.72 Å². The molecule has 1 atom stereocenters. The Hall–Kier alpha value is -1.56. The molecule has 0 heterocycles. The van der Waals surface area contributed by atoms with E-state index in [0.717, 1.165) is 16.9 Å².